The fourth-order valence-electron chi connectivity index (χ4n) is 3.72. The third-order valence-corrected chi connectivity index (χ3v) is 6.53. The summed E-state index contributed by atoms with van der Waals surface area (Å²) < 4.78 is 23.0. The maximum Gasteiger partial charge on any atom is 0.351 e. The first-order valence-corrected chi connectivity index (χ1v) is 11.9. The van der Waals surface area contributed by atoms with Crippen molar-refractivity contribution in [3.63, 3.8) is 0 Å². The molecule has 184 valence electrons. The minimum Gasteiger partial charge on any atom is -0.490 e. The number of esters is 2. The Bertz CT molecular complexity index is 1400. The topological polar surface area (TPSA) is 120 Å². The molecule has 2 aromatic carbocycles. The third kappa shape index (κ3) is 4.74. The van der Waals surface area contributed by atoms with Gasteiger partial charge in [-0.25, -0.2) is 14.9 Å². The standard InChI is InChI=1S/C26H22N2O7S/c1-25(31,16-32-19-9-5-8-18(14-19)23-24-20(35-28-23)12-13-36-24)26(27-15-17-6-3-2-4-7-17)33-21(29)10-11-22(30)34-26/h2-14,27,31H,15-16H2,1H3/t25-/m0/s1. The summed E-state index contributed by atoms with van der Waals surface area (Å²) >= 11 is 1.51. The first-order chi connectivity index (χ1) is 17.4. The van der Waals surface area contributed by atoms with E-state index >= 15 is 0 Å². The molecule has 2 N–H and O–H groups in total. The number of carbonyl (C=O) groups is 2. The van der Waals surface area contributed by atoms with Crippen molar-refractivity contribution >= 4 is 33.6 Å². The molecule has 4 aromatic rings. The number of nitrogens with one attached hydrogen (secondary N) is 1. The predicted molar refractivity (Wildman–Crippen MR) is 131 cm³/mol. The number of hydrogen-bond acceptors (Lipinski definition) is 10. The van der Waals surface area contributed by atoms with Crippen LogP contribution in [0.5, 0.6) is 5.75 Å². The zero-order chi connectivity index (χ0) is 25.2. The van der Waals surface area contributed by atoms with Crippen LogP contribution in [0.3, 0.4) is 0 Å². The second kappa shape index (κ2) is 9.57. The highest BCUT2D eigenvalue weighted by Gasteiger charge is 2.56. The lowest BCUT2D eigenvalue weighted by Crippen LogP contribution is -2.67. The Morgan fingerprint density at radius 1 is 1.06 bits per heavy atom. The van der Waals surface area contributed by atoms with Crippen LogP contribution < -0.4 is 10.1 Å². The van der Waals surface area contributed by atoms with E-state index in [9.17, 15) is 14.7 Å². The zero-order valence-electron chi connectivity index (χ0n) is 19.2. The van der Waals surface area contributed by atoms with Gasteiger partial charge < -0.3 is 23.8 Å². The molecule has 0 unspecified atom stereocenters. The number of rotatable bonds is 8. The zero-order valence-corrected chi connectivity index (χ0v) is 20.0. The van der Waals surface area contributed by atoms with Crippen molar-refractivity contribution in [3.8, 4) is 17.0 Å². The van der Waals surface area contributed by atoms with Crippen molar-refractivity contribution in [2.45, 2.75) is 25.0 Å². The van der Waals surface area contributed by atoms with Crippen LogP contribution in [-0.2, 0) is 25.6 Å². The van der Waals surface area contributed by atoms with Gasteiger partial charge in [0, 0.05) is 24.3 Å². The van der Waals surface area contributed by atoms with Crippen LogP contribution in [-0.4, -0.2) is 40.3 Å². The van der Waals surface area contributed by atoms with E-state index in [0.29, 0.717) is 17.0 Å². The molecule has 0 saturated heterocycles. The van der Waals surface area contributed by atoms with E-state index in [2.05, 4.69) is 10.5 Å². The summed E-state index contributed by atoms with van der Waals surface area (Å²) in [6.07, 6.45) is 1.88. The Labute approximate surface area is 209 Å². The number of fused-ring (bicyclic) bond motifs is 1. The van der Waals surface area contributed by atoms with Crippen LogP contribution in [0.15, 0.2) is 82.7 Å². The Morgan fingerprint density at radius 2 is 1.81 bits per heavy atom. The van der Waals surface area contributed by atoms with Gasteiger partial charge in [-0.05, 0) is 36.1 Å². The number of benzene rings is 2. The van der Waals surface area contributed by atoms with Gasteiger partial charge in [0.15, 0.2) is 11.2 Å². The third-order valence-electron chi connectivity index (χ3n) is 5.63. The van der Waals surface area contributed by atoms with E-state index in [0.717, 1.165) is 28.0 Å². The average molecular weight is 507 g/mol. The fraction of sp³-hybridized carbons (Fsp3) is 0.192. The number of thiophene rings is 1. The molecule has 1 aliphatic heterocycles. The smallest absolute Gasteiger partial charge is 0.351 e. The van der Waals surface area contributed by atoms with Crippen LogP contribution in [0.25, 0.3) is 21.5 Å². The molecule has 10 heteroatoms. The summed E-state index contributed by atoms with van der Waals surface area (Å²) in [4.78, 5) is 24.6. The summed E-state index contributed by atoms with van der Waals surface area (Å²) in [7, 11) is 0. The number of ether oxygens (including phenoxy) is 3. The molecule has 0 fully saturated rings. The van der Waals surface area contributed by atoms with Crippen molar-refractivity contribution in [1.82, 2.24) is 10.5 Å². The van der Waals surface area contributed by atoms with Crippen molar-refractivity contribution in [3.05, 3.63) is 83.8 Å². The van der Waals surface area contributed by atoms with Crippen molar-refractivity contribution < 1.29 is 33.4 Å². The van der Waals surface area contributed by atoms with E-state index in [1.807, 2.05) is 47.8 Å². The van der Waals surface area contributed by atoms with E-state index in [-0.39, 0.29) is 13.2 Å². The number of hydrogen-bond donors (Lipinski definition) is 2. The molecular formula is C26H22N2O7S. The van der Waals surface area contributed by atoms with Gasteiger partial charge in [-0.3, -0.25) is 0 Å². The molecule has 0 bridgehead atoms. The number of nitrogens with zero attached hydrogens (tertiary/aromatic N) is 1. The monoisotopic (exact) mass is 506 g/mol. The van der Waals surface area contributed by atoms with Gasteiger partial charge >= 0.3 is 17.8 Å². The largest absolute Gasteiger partial charge is 0.490 e. The van der Waals surface area contributed by atoms with E-state index in [1.54, 1.807) is 18.2 Å². The molecule has 0 spiro atoms. The minimum atomic E-state index is -2.21. The van der Waals surface area contributed by atoms with Gasteiger partial charge in [-0.2, -0.15) is 0 Å². The quantitative estimate of drug-likeness (QED) is 0.344. The van der Waals surface area contributed by atoms with Crippen LogP contribution in [0.1, 0.15) is 12.5 Å². The van der Waals surface area contributed by atoms with Crippen LogP contribution in [0.2, 0.25) is 0 Å². The minimum absolute atomic E-state index is 0.135. The van der Waals surface area contributed by atoms with Gasteiger partial charge in [-0.1, -0.05) is 47.6 Å². The summed E-state index contributed by atoms with van der Waals surface area (Å²) in [6, 6.07) is 18.2. The van der Waals surface area contributed by atoms with Gasteiger partial charge in [0.05, 0.1) is 0 Å². The Balaban J connectivity index is 1.39. The molecule has 5 rings (SSSR count). The first kappa shape index (κ1) is 23.7. The SMILES string of the molecule is C[C@](O)(COc1cccc(-c2noc3ccsc23)c1)C1(NCc2ccccc2)OC(=O)C=CC(=O)O1. The Morgan fingerprint density at radius 3 is 2.56 bits per heavy atom. The van der Waals surface area contributed by atoms with Crippen LogP contribution >= 0.6 is 11.3 Å². The average Bonchev–Trinajstić information content (AvgIpc) is 3.46. The fourth-order valence-corrected chi connectivity index (χ4v) is 4.54. The summed E-state index contributed by atoms with van der Waals surface area (Å²) in [5.41, 5.74) is 0.960. The second-order valence-electron chi connectivity index (χ2n) is 8.37. The first-order valence-electron chi connectivity index (χ1n) is 11.1. The molecule has 3 heterocycles. The molecule has 0 radical (unpaired) electrons. The van der Waals surface area contributed by atoms with Crippen LogP contribution in [0.4, 0.5) is 0 Å². The van der Waals surface area contributed by atoms with Gasteiger partial charge in [0.25, 0.3) is 0 Å². The maximum atomic E-state index is 12.3. The number of carbonyl (C=O) groups excluding carboxylic acids is 2. The van der Waals surface area contributed by atoms with Gasteiger partial charge in [-0.15, -0.1) is 11.3 Å². The highest BCUT2D eigenvalue weighted by molar-refractivity contribution is 7.17. The highest BCUT2D eigenvalue weighted by Crippen LogP contribution is 2.34. The lowest BCUT2D eigenvalue weighted by Gasteiger charge is -2.41. The summed E-state index contributed by atoms with van der Waals surface area (Å²) in [6.45, 7) is 1.11. The van der Waals surface area contributed by atoms with Crippen molar-refractivity contribution in [2.24, 2.45) is 0 Å². The molecular weight excluding hydrogens is 484 g/mol. The lowest BCUT2D eigenvalue weighted by atomic mass is 10.0. The summed E-state index contributed by atoms with van der Waals surface area (Å²) in [5, 5.41) is 20.4. The van der Waals surface area contributed by atoms with E-state index in [4.69, 9.17) is 18.7 Å². The molecule has 1 atom stereocenters. The van der Waals surface area contributed by atoms with Gasteiger partial charge in [0.1, 0.15) is 22.8 Å². The maximum absolute atomic E-state index is 12.3. The number of cyclic esters (lactones) is 2. The van der Waals surface area contributed by atoms with Crippen molar-refractivity contribution in [2.75, 3.05) is 6.61 Å². The molecule has 0 saturated carbocycles. The second-order valence-corrected chi connectivity index (χ2v) is 9.28. The Kier molecular flexibility index (Phi) is 6.31. The van der Waals surface area contributed by atoms with Crippen LogP contribution in [0, 0.1) is 0 Å². The van der Waals surface area contributed by atoms with Crippen molar-refractivity contribution in [1.29, 1.82) is 0 Å². The number of aromatic nitrogens is 1. The molecule has 36 heavy (non-hydrogen) atoms. The molecule has 0 aliphatic carbocycles. The predicted octanol–water partition coefficient (Wildman–Crippen LogP) is 3.79. The molecule has 9 nitrogen and oxygen atoms in total. The molecule has 1 aliphatic rings. The normalized spacial score (nSPS) is 16.7. The highest BCUT2D eigenvalue weighted by atomic mass is 32.1. The number of aliphatic hydroxyl groups is 1. The van der Waals surface area contributed by atoms with Gasteiger partial charge in [0.2, 0.25) is 0 Å². The lowest BCUT2D eigenvalue weighted by molar-refractivity contribution is -0.304. The molecule has 0 amide bonds. The summed E-state index contributed by atoms with van der Waals surface area (Å²) in [5.74, 6) is -3.50. The van der Waals surface area contributed by atoms with E-state index in [1.165, 1.54) is 18.3 Å². The molecule has 2 aromatic heterocycles. The van der Waals surface area contributed by atoms with E-state index < -0.39 is 23.5 Å². The Hall–Kier alpha value is -3.99.